The van der Waals surface area contributed by atoms with Crippen LogP contribution in [0.2, 0.25) is 0 Å². The van der Waals surface area contributed by atoms with Gasteiger partial charge in [-0.25, -0.2) is 14.5 Å². The number of aromatic nitrogens is 6. The molecule has 11 nitrogen and oxygen atoms in total. The number of anilines is 1. The lowest BCUT2D eigenvalue weighted by Crippen LogP contribution is -2.48. The van der Waals surface area contributed by atoms with Crippen LogP contribution in [0.25, 0.3) is 17.0 Å². The third-order valence-electron chi connectivity index (χ3n) is 8.87. The molecule has 1 amide bonds. The van der Waals surface area contributed by atoms with E-state index in [0.717, 1.165) is 92.9 Å². The Morgan fingerprint density at radius 2 is 1.67 bits per heavy atom. The molecule has 0 radical (unpaired) electrons. The van der Waals surface area contributed by atoms with Crippen molar-refractivity contribution in [3.8, 4) is 11.3 Å². The number of rotatable bonds is 8. The van der Waals surface area contributed by atoms with Gasteiger partial charge in [-0.2, -0.15) is 10.1 Å². The Morgan fingerprint density at radius 1 is 0.930 bits per heavy atom. The molecule has 2 aliphatic rings. The van der Waals surface area contributed by atoms with Gasteiger partial charge in [-0.3, -0.25) is 19.6 Å². The summed E-state index contributed by atoms with van der Waals surface area (Å²) in [4.78, 5) is 39.4. The normalized spacial score (nSPS) is 18.1. The van der Waals surface area contributed by atoms with E-state index in [9.17, 15) is 4.79 Å². The average molecular weight is 583 g/mol. The van der Waals surface area contributed by atoms with Crippen LogP contribution in [0.5, 0.6) is 0 Å². The van der Waals surface area contributed by atoms with Gasteiger partial charge in [0.2, 0.25) is 5.91 Å². The highest BCUT2D eigenvalue weighted by atomic mass is 16.2. The first-order valence-electron chi connectivity index (χ1n) is 15.2. The molecule has 0 bridgehead atoms. The fourth-order valence-corrected chi connectivity index (χ4v) is 6.21. The van der Waals surface area contributed by atoms with Crippen LogP contribution < -0.4 is 4.90 Å². The van der Waals surface area contributed by atoms with Crippen LogP contribution in [-0.4, -0.2) is 110 Å². The molecule has 2 saturated heterocycles. The minimum Gasteiger partial charge on any atom is -0.355 e. The molecule has 0 N–H and O–H groups in total. The molecular formula is C32H42N10O. The molecule has 0 aliphatic carbocycles. The van der Waals surface area contributed by atoms with E-state index >= 15 is 0 Å². The number of hydrogen-bond donors (Lipinski definition) is 0. The third kappa shape index (κ3) is 6.52. The molecule has 0 spiro atoms. The SMILES string of the molecule is Cc1nc2nc(C)c(C[C@@H]3CCN(c4cnc(-c5ccc(CN6CCN(CC(=O)N(C)C)CC6)cc5)cn4)C3)c(C)n2n1. The van der Waals surface area contributed by atoms with E-state index in [4.69, 9.17) is 15.0 Å². The van der Waals surface area contributed by atoms with Gasteiger partial charge in [-0.15, -0.1) is 0 Å². The molecule has 3 aromatic heterocycles. The standard InChI is InChI=1S/C32H42N10O/c1-22-28(23(2)42-32(35-22)36-24(3)37-42)16-26-10-11-41(20-26)30-18-33-29(17-34-30)27-8-6-25(7-9-27)19-39-12-14-40(15-13-39)21-31(43)38(4)5/h6-9,17-18,26H,10-16,19-21H2,1-5H3/t26-/m0/s1. The summed E-state index contributed by atoms with van der Waals surface area (Å²) in [5.41, 5.74) is 6.70. The Kier molecular flexibility index (Phi) is 8.36. The number of carbonyl (C=O) groups is 1. The first-order valence-corrected chi connectivity index (χ1v) is 15.2. The lowest BCUT2D eigenvalue weighted by Gasteiger charge is -2.34. The predicted molar refractivity (Wildman–Crippen MR) is 167 cm³/mol. The second kappa shape index (κ2) is 12.3. The number of likely N-dealkylation sites (N-methyl/N-ethyl adjacent to an activating group) is 1. The van der Waals surface area contributed by atoms with E-state index < -0.39 is 0 Å². The van der Waals surface area contributed by atoms with Gasteiger partial charge >= 0.3 is 0 Å². The van der Waals surface area contributed by atoms with Gasteiger partial charge in [0.25, 0.3) is 5.78 Å². The molecular weight excluding hydrogens is 540 g/mol. The topological polar surface area (TPSA) is 98.9 Å². The van der Waals surface area contributed by atoms with Gasteiger partial charge in [0.1, 0.15) is 11.6 Å². The number of fused-ring (bicyclic) bond motifs is 1. The maximum atomic E-state index is 12.0. The summed E-state index contributed by atoms with van der Waals surface area (Å²) in [7, 11) is 3.63. The quantitative estimate of drug-likeness (QED) is 0.311. The molecule has 226 valence electrons. The zero-order chi connectivity index (χ0) is 30.1. The number of benzene rings is 1. The van der Waals surface area contributed by atoms with Gasteiger partial charge in [0.15, 0.2) is 0 Å². The van der Waals surface area contributed by atoms with E-state index in [-0.39, 0.29) is 5.91 Å². The maximum absolute atomic E-state index is 12.0. The Labute approximate surface area is 253 Å². The molecule has 6 rings (SSSR count). The highest BCUT2D eigenvalue weighted by molar-refractivity contribution is 5.77. The summed E-state index contributed by atoms with van der Waals surface area (Å²) >= 11 is 0. The Bertz CT molecular complexity index is 1570. The second-order valence-electron chi connectivity index (χ2n) is 12.2. The second-order valence-corrected chi connectivity index (χ2v) is 12.2. The van der Waals surface area contributed by atoms with Crippen LogP contribution in [0.4, 0.5) is 5.82 Å². The molecule has 11 heteroatoms. The molecule has 0 unspecified atom stereocenters. The summed E-state index contributed by atoms with van der Waals surface area (Å²) in [6, 6.07) is 8.66. The van der Waals surface area contributed by atoms with Gasteiger partial charge in [-0.05, 0) is 50.7 Å². The monoisotopic (exact) mass is 582 g/mol. The van der Waals surface area contributed by atoms with Gasteiger partial charge in [-0.1, -0.05) is 24.3 Å². The highest BCUT2D eigenvalue weighted by Crippen LogP contribution is 2.28. The Morgan fingerprint density at radius 3 is 2.37 bits per heavy atom. The van der Waals surface area contributed by atoms with Crippen molar-refractivity contribution < 1.29 is 4.79 Å². The first kappa shape index (κ1) is 29.1. The van der Waals surface area contributed by atoms with E-state index in [1.807, 2.05) is 37.9 Å². The Balaban J connectivity index is 1.02. The first-order chi connectivity index (χ1) is 20.7. The Hall–Kier alpha value is -3.96. The van der Waals surface area contributed by atoms with E-state index in [2.05, 4.69) is 62.9 Å². The van der Waals surface area contributed by atoms with E-state index in [1.165, 1.54) is 11.1 Å². The summed E-state index contributed by atoms with van der Waals surface area (Å²) in [5, 5.41) is 4.53. The number of aryl methyl sites for hydroxylation is 3. The van der Waals surface area contributed by atoms with Gasteiger partial charge in [0, 0.05) is 76.9 Å². The molecule has 1 atom stereocenters. The summed E-state index contributed by atoms with van der Waals surface area (Å²) in [6.45, 7) is 13.2. The highest BCUT2D eigenvalue weighted by Gasteiger charge is 2.26. The number of piperazine rings is 1. The van der Waals surface area contributed by atoms with Crippen molar-refractivity contribution in [2.45, 2.75) is 40.2 Å². The summed E-state index contributed by atoms with van der Waals surface area (Å²) in [5.74, 6) is 3.05. The number of amides is 1. The van der Waals surface area contributed by atoms with Crippen molar-refractivity contribution in [2.24, 2.45) is 5.92 Å². The molecule has 4 aromatic rings. The van der Waals surface area contributed by atoms with E-state index in [0.29, 0.717) is 18.2 Å². The van der Waals surface area contributed by atoms with Crippen LogP contribution in [0.15, 0.2) is 36.7 Å². The van der Waals surface area contributed by atoms with Gasteiger partial charge < -0.3 is 9.80 Å². The molecule has 43 heavy (non-hydrogen) atoms. The third-order valence-corrected chi connectivity index (χ3v) is 8.87. The fraction of sp³-hybridized carbons (Fsp3) is 0.500. The maximum Gasteiger partial charge on any atom is 0.252 e. The number of nitrogens with zero attached hydrogens (tertiary/aromatic N) is 10. The summed E-state index contributed by atoms with van der Waals surface area (Å²) in [6.07, 6.45) is 5.89. The fourth-order valence-electron chi connectivity index (χ4n) is 6.21. The number of carbonyl (C=O) groups excluding carboxylic acids is 1. The van der Waals surface area contributed by atoms with Crippen molar-refractivity contribution in [1.82, 2.24) is 44.2 Å². The largest absolute Gasteiger partial charge is 0.355 e. The van der Waals surface area contributed by atoms with Crippen molar-refractivity contribution in [3.05, 3.63) is 65.0 Å². The zero-order valence-corrected chi connectivity index (χ0v) is 26.0. The summed E-state index contributed by atoms with van der Waals surface area (Å²) < 4.78 is 1.87. The molecule has 1 aromatic carbocycles. The molecule has 0 saturated carbocycles. The smallest absolute Gasteiger partial charge is 0.252 e. The predicted octanol–water partition coefficient (Wildman–Crippen LogP) is 2.78. The minimum atomic E-state index is 0.167. The van der Waals surface area contributed by atoms with Crippen molar-refractivity contribution in [3.63, 3.8) is 0 Å². The molecule has 5 heterocycles. The van der Waals surface area contributed by atoms with Crippen LogP contribution in [-0.2, 0) is 17.8 Å². The lowest BCUT2D eigenvalue weighted by atomic mass is 9.96. The zero-order valence-electron chi connectivity index (χ0n) is 26.0. The van der Waals surface area contributed by atoms with Gasteiger partial charge in [0.05, 0.1) is 24.6 Å². The average Bonchev–Trinajstić information content (AvgIpc) is 3.63. The van der Waals surface area contributed by atoms with Crippen LogP contribution in [0.3, 0.4) is 0 Å². The van der Waals surface area contributed by atoms with Crippen LogP contribution in [0, 0.1) is 26.7 Å². The van der Waals surface area contributed by atoms with E-state index in [1.54, 1.807) is 4.90 Å². The van der Waals surface area contributed by atoms with Crippen molar-refractivity contribution >= 4 is 17.5 Å². The van der Waals surface area contributed by atoms with Crippen molar-refractivity contribution in [1.29, 1.82) is 0 Å². The minimum absolute atomic E-state index is 0.167. The molecule has 2 fully saturated rings. The molecule has 2 aliphatic heterocycles. The van der Waals surface area contributed by atoms with Crippen molar-refractivity contribution in [2.75, 3.05) is 64.8 Å². The van der Waals surface area contributed by atoms with Crippen LogP contribution in [0.1, 0.15) is 34.8 Å². The number of hydrogen-bond acceptors (Lipinski definition) is 9. The lowest BCUT2D eigenvalue weighted by molar-refractivity contribution is -0.130. The van der Waals surface area contributed by atoms with Crippen LogP contribution >= 0.6 is 0 Å².